The summed E-state index contributed by atoms with van der Waals surface area (Å²) >= 11 is 5.92. The average molecular weight is 229 g/mol. The van der Waals surface area contributed by atoms with Gasteiger partial charge in [0.2, 0.25) is 0 Å². The predicted molar refractivity (Wildman–Crippen MR) is 64.9 cm³/mol. The van der Waals surface area contributed by atoms with Gasteiger partial charge in [-0.3, -0.25) is 0 Å². The highest BCUT2D eigenvalue weighted by Gasteiger charge is 1.99. The summed E-state index contributed by atoms with van der Waals surface area (Å²) < 4.78 is 5.58. The SMILES string of the molecule is CC[SiH2]OCCc1cc(Cl)ccc1C. The van der Waals surface area contributed by atoms with Crippen molar-refractivity contribution in [3.63, 3.8) is 0 Å². The van der Waals surface area contributed by atoms with Gasteiger partial charge in [-0.2, -0.15) is 0 Å². The van der Waals surface area contributed by atoms with Gasteiger partial charge < -0.3 is 4.43 Å². The van der Waals surface area contributed by atoms with Crippen molar-refractivity contribution in [2.75, 3.05) is 6.61 Å². The molecule has 0 spiro atoms. The molecule has 1 rings (SSSR count). The van der Waals surface area contributed by atoms with Gasteiger partial charge in [-0.15, -0.1) is 0 Å². The van der Waals surface area contributed by atoms with Gasteiger partial charge in [0.05, 0.1) is 0 Å². The highest BCUT2D eigenvalue weighted by atomic mass is 35.5. The molecule has 78 valence electrons. The van der Waals surface area contributed by atoms with E-state index in [1.807, 2.05) is 12.1 Å². The van der Waals surface area contributed by atoms with Gasteiger partial charge in [0.1, 0.15) is 0 Å². The Morgan fingerprint density at radius 2 is 2.21 bits per heavy atom. The van der Waals surface area contributed by atoms with Crippen molar-refractivity contribution in [3.05, 3.63) is 34.3 Å². The summed E-state index contributed by atoms with van der Waals surface area (Å²) in [5, 5.41) is 0.818. The summed E-state index contributed by atoms with van der Waals surface area (Å²) in [5.74, 6) is 0. The van der Waals surface area contributed by atoms with E-state index >= 15 is 0 Å². The van der Waals surface area contributed by atoms with Gasteiger partial charge in [-0.1, -0.05) is 24.6 Å². The first-order chi connectivity index (χ1) is 6.74. The van der Waals surface area contributed by atoms with E-state index in [-0.39, 0.29) is 9.76 Å². The molecule has 0 fully saturated rings. The zero-order chi connectivity index (χ0) is 10.4. The van der Waals surface area contributed by atoms with E-state index in [1.54, 1.807) is 0 Å². The Kier molecular flexibility index (Phi) is 5.23. The normalized spacial score (nSPS) is 11.4. The van der Waals surface area contributed by atoms with E-state index in [0.717, 1.165) is 18.1 Å². The second-order valence-electron chi connectivity index (χ2n) is 3.43. The summed E-state index contributed by atoms with van der Waals surface area (Å²) in [6.07, 6.45) is 0.986. The quantitative estimate of drug-likeness (QED) is 0.556. The molecule has 14 heavy (non-hydrogen) atoms. The van der Waals surface area contributed by atoms with E-state index in [9.17, 15) is 0 Å². The zero-order valence-electron chi connectivity index (χ0n) is 8.85. The lowest BCUT2D eigenvalue weighted by Gasteiger charge is -2.06. The molecule has 1 aromatic rings. The Bertz CT molecular complexity index is 289. The number of rotatable bonds is 5. The van der Waals surface area contributed by atoms with Gasteiger partial charge >= 0.3 is 0 Å². The lowest BCUT2D eigenvalue weighted by Crippen LogP contribution is -2.03. The van der Waals surface area contributed by atoms with Crippen LogP contribution in [0, 0.1) is 6.92 Å². The topological polar surface area (TPSA) is 9.23 Å². The fourth-order valence-corrected chi connectivity index (χ4v) is 2.17. The van der Waals surface area contributed by atoms with Crippen molar-refractivity contribution in [1.82, 2.24) is 0 Å². The largest absolute Gasteiger partial charge is 0.424 e. The highest BCUT2D eigenvalue weighted by Crippen LogP contribution is 2.15. The minimum absolute atomic E-state index is 0.249. The second-order valence-corrected chi connectivity index (χ2v) is 5.69. The van der Waals surface area contributed by atoms with Crippen molar-refractivity contribution in [3.8, 4) is 0 Å². The Balaban J connectivity index is 2.45. The van der Waals surface area contributed by atoms with E-state index in [2.05, 4.69) is 19.9 Å². The summed E-state index contributed by atoms with van der Waals surface area (Å²) in [5.41, 5.74) is 2.61. The third kappa shape index (κ3) is 3.82. The number of benzene rings is 1. The van der Waals surface area contributed by atoms with Crippen molar-refractivity contribution in [2.45, 2.75) is 26.3 Å². The molecule has 0 aliphatic heterocycles. The molecule has 0 heterocycles. The third-order valence-electron chi connectivity index (χ3n) is 2.18. The second kappa shape index (κ2) is 6.22. The minimum atomic E-state index is -0.249. The smallest absolute Gasteiger partial charge is 0.161 e. The van der Waals surface area contributed by atoms with Gasteiger partial charge in [0, 0.05) is 11.6 Å². The molecule has 0 radical (unpaired) electrons. The van der Waals surface area contributed by atoms with E-state index in [0.29, 0.717) is 0 Å². The molecule has 0 saturated carbocycles. The Morgan fingerprint density at radius 3 is 2.93 bits per heavy atom. The molecular formula is C11H17ClOSi. The lowest BCUT2D eigenvalue weighted by atomic mass is 10.1. The summed E-state index contributed by atoms with van der Waals surface area (Å²) in [4.78, 5) is 0. The molecular weight excluding hydrogens is 212 g/mol. The van der Waals surface area contributed by atoms with Crippen LogP contribution < -0.4 is 0 Å². The number of halogens is 1. The van der Waals surface area contributed by atoms with Gasteiger partial charge in [0.25, 0.3) is 0 Å². The van der Waals surface area contributed by atoms with Crippen molar-refractivity contribution >= 4 is 21.4 Å². The molecule has 0 aliphatic rings. The molecule has 1 aromatic carbocycles. The molecule has 0 aliphatic carbocycles. The monoisotopic (exact) mass is 228 g/mol. The van der Waals surface area contributed by atoms with Crippen LogP contribution in [0.4, 0.5) is 0 Å². The maximum atomic E-state index is 5.92. The summed E-state index contributed by atoms with van der Waals surface area (Å²) in [6.45, 7) is 5.14. The van der Waals surface area contributed by atoms with Crippen LogP contribution in [0.2, 0.25) is 11.1 Å². The molecule has 1 nitrogen and oxygen atoms in total. The summed E-state index contributed by atoms with van der Waals surface area (Å²) in [6, 6.07) is 7.25. The highest BCUT2D eigenvalue weighted by molar-refractivity contribution is 6.30. The third-order valence-corrected chi connectivity index (χ3v) is 3.40. The van der Waals surface area contributed by atoms with Gasteiger partial charge in [0.15, 0.2) is 9.76 Å². The molecule has 0 bridgehead atoms. The van der Waals surface area contributed by atoms with Crippen molar-refractivity contribution in [1.29, 1.82) is 0 Å². The molecule has 0 amide bonds. The van der Waals surface area contributed by atoms with Crippen LogP contribution in [0.3, 0.4) is 0 Å². The molecule has 0 N–H and O–H groups in total. The molecule has 3 heteroatoms. The van der Waals surface area contributed by atoms with Crippen LogP contribution in [-0.4, -0.2) is 16.4 Å². The van der Waals surface area contributed by atoms with Crippen LogP contribution >= 0.6 is 11.6 Å². The standard InChI is InChI=1S/C11H17ClOSi/c1-3-14-13-7-6-10-8-11(12)5-4-9(10)2/h4-5,8H,3,6-7,14H2,1-2H3. The van der Waals surface area contributed by atoms with E-state index < -0.39 is 0 Å². The van der Waals surface area contributed by atoms with Crippen LogP contribution in [0.5, 0.6) is 0 Å². The first kappa shape index (κ1) is 11.8. The van der Waals surface area contributed by atoms with Crippen LogP contribution in [0.25, 0.3) is 0 Å². The predicted octanol–water partition coefficient (Wildman–Crippen LogP) is 2.73. The minimum Gasteiger partial charge on any atom is -0.424 e. The number of aryl methyl sites for hydroxylation is 1. The number of hydrogen-bond donors (Lipinski definition) is 0. The van der Waals surface area contributed by atoms with Crippen LogP contribution in [0.15, 0.2) is 18.2 Å². The molecule has 0 unspecified atom stereocenters. The van der Waals surface area contributed by atoms with Crippen LogP contribution in [-0.2, 0) is 10.8 Å². The van der Waals surface area contributed by atoms with E-state index in [1.165, 1.54) is 17.2 Å². The Labute approximate surface area is 93.4 Å². The lowest BCUT2D eigenvalue weighted by molar-refractivity contribution is 0.340. The zero-order valence-corrected chi connectivity index (χ0v) is 11.0. The maximum absolute atomic E-state index is 5.92. The molecule has 0 saturated heterocycles. The molecule has 0 aromatic heterocycles. The fraction of sp³-hybridized carbons (Fsp3) is 0.455. The Hall–Kier alpha value is -0.313. The maximum Gasteiger partial charge on any atom is 0.161 e. The van der Waals surface area contributed by atoms with Crippen molar-refractivity contribution < 1.29 is 4.43 Å². The average Bonchev–Trinajstić information content (AvgIpc) is 2.18. The Morgan fingerprint density at radius 1 is 1.43 bits per heavy atom. The fourth-order valence-electron chi connectivity index (χ4n) is 1.34. The van der Waals surface area contributed by atoms with E-state index in [4.69, 9.17) is 16.0 Å². The van der Waals surface area contributed by atoms with Gasteiger partial charge in [-0.05, 0) is 42.6 Å². The first-order valence-corrected chi connectivity index (χ1v) is 7.02. The van der Waals surface area contributed by atoms with Gasteiger partial charge in [-0.25, -0.2) is 0 Å². The first-order valence-electron chi connectivity index (χ1n) is 5.07. The van der Waals surface area contributed by atoms with Crippen molar-refractivity contribution in [2.24, 2.45) is 0 Å². The summed E-state index contributed by atoms with van der Waals surface area (Å²) in [7, 11) is -0.249. The number of hydrogen-bond acceptors (Lipinski definition) is 1. The van der Waals surface area contributed by atoms with Crippen LogP contribution in [0.1, 0.15) is 18.1 Å². The molecule has 0 atom stereocenters.